The first-order valence-electron chi connectivity index (χ1n) is 9.20. The van der Waals surface area contributed by atoms with Gasteiger partial charge in [-0.1, -0.05) is 13.3 Å². The van der Waals surface area contributed by atoms with Crippen molar-refractivity contribution in [3.8, 4) is 0 Å². The summed E-state index contributed by atoms with van der Waals surface area (Å²) in [4.78, 5) is 44.9. The topological polar surface area (TPSA) is 146 Å². The van der Waals surface area contributed by atoms with Crippen LogP contribution in [0.15, 0.2) is 0 Å². The molecule has 0 aliphatic rings. The zero-order chi connectivity index (χ0) is 21.4. The summed E-state index contributed by atoms with van der Waals surface area (Å²) in [7, 11) is 0. The molecule has 0 amide bonds. The second-order valence-electron chi connectivity index (χ2n) is 6.12. The molecule has 0 aromatic heterocycles. The van der Waals surface area contributed by atoms with E-state index in [0.29, 0.717) is 6.42 Å². The molecule has 2 unspecified atom stereocenters. The van der Waals surface area contributed by atoms with E-state index in [1.165, 1.54) is 6.92 Å². The number of ether oxygens (including phenoxy) is 4. The lowest BCUT2D eigenvalue weighted by molar-refractivity contribution is -0.152. The van der Waals surface area contributed by atoms with Crippen LogP contribution in [0, 0.1) is 0 Å². The van der Waals surface area contributed by atoms with Crippen LogP contribution in [0.4, 0.5) is 0 Å². The second-order valence-corrected chi connectivity index (χ2v) is 6.12. The van der Waals surface area contributed by atoms with Crippen molar-refractivity contribution in [1.82, 2.24) is 0 Å². The maximum absolute atomic E-state index is 11.5. The molecule has 0 heterocycles. The van der Waals surface area contributed by atoms with Gasteiger partial charge in [0.2, 0.25) is 0 Å². The van der Waals surface area contributed by atoms with Gasteiger partial charge in [0.1, 0.15) is 38.6 Å². The van der Waals surface area contributed by atoms with E-state index in [-0.39, 0.29) is 52.1 Å². The normalized spacial score (nSPS) is 12.6. The highest BCUT2D eigenvalue weighted by molar-refractivity contribution is 5.72. The van der Waals surface area contributed by atoms with E-state index < -0.39 is 36.1 Å². The van der Waals surface area contributed by atoms with E-state index in [9.17, 15) is 29.4 Å². The first-order chi connectivity index (χ1) is 13.2. The molecule has 2 atom stereocenters. The van der Waals surface area contributed by atoms with Gasteiger partial charge in [-0.2, -0.15) is 0 Å². The van der Waals surface area contributed by atoms with E-state index in [2.05, 4.69) is 4.74 Å². The van der Waals surface area contributed by atoms with Gasteiger partial charge in [0.25, 0.3) is 0 Å². The number of esters is 4. The maximum Gasteiger partial charge on any atom is 0.305 e. The van der Waals surface area contributed by atoms with Crippen molar-refractivity contribution >= 4 is 23.9 Å². The fourth-order valence-corrected chi connectivity index (χ4v) is 1.79. The fourth-order valence-electron chi connectivity index (χ4n) is 1.79. The number of aliphatic hydroxyl groups excluding tert-OH is 2. The molecule has 162 valence electrons. The summed E-state index contributed by atoms with van der Waals surface area (Å²) in [5, 5.41) is 19.0. The van der Waals surface area contributed by atoms with Gasteiger partial charge >= 0.3 is 23.9 Å². The number of hydrogen-bond donors (Lipinski definition) is 2. The Morgan fingerprint density at radius 1 is 0.679 bits per heavy atom. The van der Waals surface area contributed by atoms with Crippen molar-refractivity contribution in [2.75, 3.05) is 26.4 Å². The van der Waals surface area contributed by atoms with Crippen molar-refractivity contribution in [2.24, 2.45) is 0 Å². The number of carbonyl (C=O) groups excluding carboxylic acids is 4. The molecule has 0 aliphatic heterocycles. The van der Waals surface area contributed by atoms with Crippen LogP contribution < -0.4 is 0 Å². The maximum atomic E-state index is 11.5. The number of rotatable bonds is 15. The van der Waals surface area contributed by atoms with Crippen LogP contribution in [0.5, 0.6) is 0 Å². The quantitative estimate of drug-likeness (QED) is 0.287. The Balaban J connectivity index is 3.73. The molecule has 0 saturated heterocycles. The van der Waals surface area contributed by atoms with Gasteiger partial charge in [-0.25, -0.2) is 0 Å². The minimum absolute atomic E-state index is 0.0614. The smallest absolute Gasteiger partial charge is 0.305 e. The van der Waals surface area contributed by atoms with Gasteiger partial charge in [-0.15, -0.1) is 0 Å². The lowest BCUT2D eigenvalue weighted by Crippen LogP contribution is -2.25. The first kappa shape index (κ1) is 25.8. The van der Waals surface area contributed by atoms with Crippen LogP contribution in [0.25, 0.3) is 0 Å². The van der Waals surface area contributed by atoms with Crippen molar-refractivity contribution < 1.29 is 48.3 Å². The number of carbonyl (C=O) groups is 4. The molecule has 0 fully saturated rings. The fraction of sp³-hybridized carbons (Fsp3) is 0.778. The summed E-state index contributed by atoms with van der Waals surface area (Å²) in [5.74, 6) is -2.19. The highest BCUT2D eigenvalue weighted by Gasteiger charge is 2.14. The molecule has 2 N–H and O–H groups in total. The third-order valence-corrected chi connectivity index (χ3v) is 3.29. The number of unbranched alkanes of at least 4 members (excludes halogenated alkanes) is 1. The highest BCUT2D eigenvalue weighted by atomic mass is 16.6. The van der Waals surface area contributed by atoms with Gasteiger partial charge in [0.15, 0.2) is 0 Å². The molecule has 0 rings (SSSR count). The van der Waals surface area contributed by atoms with Gasteiger partial charge in [-0.05, 0) is 12.8 Å². The van der Waals surface area contributed by atoms with E-state index in [4.69, 9.17) is 14.2 Å². The Morgan fingerprint density at radius 2 is 1.04 bits per heavy atom. The van der Waals surface area contributed by atoms with Crippen LogP contribution in [-0.4, -0.2) is 72.7 Å². The molecule has 0 aromatic rings. The monoisotopic (exact) mass is 406 g/mol. The minimum Gasteiger partial charge on any atom is -0.463 e. The summed E-state index contributed by atoms with van der Waals surface area (Å²) in [6, 6.07) is 0. The van der Waals surface area contributed by atoms with E-state index >= 15 is 0 Å². The molecular weight excluding hydrogens is 376 g/mol. The Kier molecular flexibility index (Phi) is 14.6. The van der Waals surface area contributed by atoms with Crippen molar-refractivity contribution in [3.63, 3.8) is 0 Å². The van der Waals surface area contributed by atoms with Crippen LogP contribution in [0.3, 0.4) is 0 Å². The molecule has 10 heteroatoms. The standard InChI is InChI=1S/C18H30O10/c1-3-4-6-16(22)26-11-15(21)12-28-18(24)8-5-7-17(23)27-10-14(20)9-25-13(2)19/h14-15,20-21H,3-12H2,1-2H3. The highest BCUT2D eigenvalue weighted by Crippen LogP contribution is 2.02. The van der Waals surface area contributed by atoms with Gasteiger partial charge < -0.3 is 29.2 Å². The van der Waals surface area contributed by atoms with Gasteiger partial charge in [0.05, 0.1) is 0 Å². The largest absolute Gasteiger partial charge is 0.463 e. The number of hydrogen-bond acceptors (Lipinski definition) is 10. The van der Waals surface area contributed by atoms with Crippen molar-refractivity contribution in [1.29, 1.82) is 0 Å². The second kappa shape index (κ2) is 15.8. The molecule has 0 radical (unpaired) electrons. The van der Waals surface area contributed by atoms with Crippen molar-refractivity contribution in [3.05, 3.63) is 0 Å². The zero-order valence-corrected chi connectivity index (χ0v) is 16.4. The van der Waals surface area contributed by atoms with Crippen LogP contribution in [0.1, 0.15) is 52.4 Å². The summed E-state index contributed by atoms with van der Waals surface area (Å²) < 4.78 is 19.0. The zero-order valence-electron chi connectivity index (χ0n) is 16.4. The Labute approximate surface area is 164 Å². The Hall–Kier alpha value is -2.20. The summed E-state index contributed by atoms with van der Waals surface area (Å²) in [6.45, 7) is 1.97. The van der Waals surface area contributed by atoms with Crippen LogP contribution in [0.2, 0.25) is 0 Å². The molecular formula is C18H30O10. The average Bonchev–Trinajstić information content (AvgIpc) is 2.65. The van der Waals surface area contributed by atoms with Gasteiger partial charge in [0, 0.05) is 26.2 Å². The van der Waals surface area contributed by atoms with Crippen LogP contribution in [-0.2, 0) is 38.1 Å². The third kappa shape index (κ3) is 16.0. The van der Waals surface area contributed by atoms with E-state index in [1.807, 2.05) is 6.92 Å². The van der Waals surface area contributed by atoms with Gasteiger partial charge in [-0.3, -0.25) is 19.2 Å². The van der Waals surface area contributed by atoms with Crippen molar-refractivity contribution in [2.45, 2.75) is 64.6 Å². The molecule has 0 aliphatic carbocycles. The van der Waals surface area contributed by atoms with Crippen LogP contribution >= 0.6 is 0 Å². The lowest BCUT2D eigenvalue weighted by atomic mass is 10.2. The molecule has 0 saturated carbocycles. The third-order valence-electron chi connectivity index (χ3n) is 3.29. The predicted molar refractivity (Wildman–Crippen MR) is 94.9 cm³/mol. The molecule has 0 bridgehead atoms. The number of aliphatic hydroxyl groups is 2. The molecule has 0 aromatic carbocycles. The molecule has 10 nitrogen and oxygen atoms in total. The van der Waals surface area contributed by atoms with E-state index in [0.717, 1.165) is 6.42 Å². The Bertz CT molecular complexity index is 491. The summed E-state index contributed by atoms with van der Waals surface area (Å²) in [6.07, 6.45) is -0.343. The molecule has 0 spiro atoms. The lowest BCUT2D eigenvalue weighted by Gasteiger charge is -2.12. The predicted octanol–water partition coefficient (Wildman–Crippen LogP) is 0.261. The Morgan fingerprint density at radius 3 is 1.39 bits per heavy atom. The minimum atomic E-state index is -1.12. The molecule has 28 heavy (non-hydrogen) atoms. The average molecular weight is 406 g/mol. The van der Waals surface area contributed by atoms with E-state index in [1.54, 1.807) is 0 Å². The first-order valence-corrected chi connectivity index (χ1v) is 9.20. The summed E-state index contributed by atoms with van der Waals surface area (Å²) in [5.41, 5.74) is 0. The SMILES string of the molecule is CCCCC(=O)OCC(O)COC(=O)CCCC(=O)OCC(O)COC(C)=O. The summed E-state index contributed by atoms with van der Waals surface area (Å²) >= 11 is 0.